The number of fused-ring (bicyclic) bond motifs is 1. The Bertz CT molecular complexity index is 1700. The Balaban J connectivity index is 1.28. The maximum Gasteiger partial charge on any atom is 0.265 e. The van der Waals surface area contributed by atoms with Crippen LogP contribution in [0.4, 0.5) is 5.69 Å². The fourth-order valence-electron chi connectivity index (χ4n) is 4.65. The lowest BCUT2D eigenvalue weighted by molar-refractivity contribution is -0.116. The molecule has 4 aromatic rings. The van der Waals surface area contributed by atoms with Gasteiger partial charge in [0.25, 0.3) is 5.56 Å². The van der Waals surface area contributed by atoms with E-state index in [1.807, 2.05) is 12.1 Å². The third-order valence-electron chi connectivity index (χ3n) is 6.59. The van der Waals surface area contributed by atoms with E-state index in [0.717, 1.165) is 43.2 Å². The van der Waals surface area contributed by atoms with E-state index in [-0.39, 0.29) is 21.2 Å². The molecule has 0 saturated carbocycles. The van der Waals surface area contributed by atoms with E-state index in [4.69, 9.17) is 23.2 Å². The van der Waals surface area contributed by atoms with Crippen molar-refractivity contribution in [1.82, 2.24) is 14.5 Å². The van der Waals surface area contributed by atoms with Gasteiger partial charge in [0.1, 0.15) is 16.3 Å². The summed E-state index contributed by atoms with van der Waals surface area (Å²) in [7, 11) is -3.77. The van der Waals surface area contributed by atoms with Crippen molar-refractivity contribution in [2.45, 2.75) is 23.5 Å². The van der Waals surface area contributed by atoms with Gasteiger partial charge in [-0.25, -0.2) is 13.4 Å². The number of rotatable bonds is 10. The quantitative estimate of drug-likeness (QED) is 0.276. The minimum atomic E-state index is -3.77. The van der Waals surface area contributed by atoms with E-state index >= 15 is 0 Å². The van der Waals surface area contributed by atoms with Crippen LogP contribution in [0.1, 0.15) is 18.4 Å². The Hall–Kier alpha value is -2.76. The molecule has 0 amide bonds. The van der Waals surface area contributed by atoms with Crippen LogP contribution in [0.15, 0.2) is 63.9 Å². The molecule has 0 unspecified atom stereocenters. The minimum absolute atomic E-state index is 0.0578. The lowest BCUT2D eigenvalue weighted by atomic mass is 10.1. The molecule has 1 saturated heterocycles. The van der Waals surface area contributed by atoms with Crippen LogP contribution in [-0.4, -0.2) is 60.6 Å². The Morgan fingerprint density at radius 1 is 1.05 bits per heavy atom. The van der Waals surface area contributed by atoms with Gasteiger partial charge in [-0.05, 0) is 74.0 Å². The van der Waals surface area contributed by atoms with Crippen molar-refractivity contribution in [2.75, 3.05) is 37.2 Å². The number of Topliss-reactive ketones (excluding diaryl/α,β-unsaturated/α-hetero) is 1. The van der Waals surface area contributed by atoms with Crippen LogP contribution in [0, 0.1) is 0 Å². The summed E-state index contributed by atoms with van der Waals surface area (Å²) in [6.07, 6.45) is 3.83. The van der Waals surface area contributed by atoms with E-state index in [0.29, 0.717) is 26.5 Å². The summed E-state index contributed by atoms with van der Waals surface area (Å²) in [5.41, 5.74) is 2.17. The molecule has 0 aliphatic carbocycles. The molecule has 5 rings (SSSR count). The molecule has 1 N–H and O–H groups in total. The molecule has 39 heavy (non-hydrogen) atoms. The zero-order valence-corrected chi connectivity index (χ0v) is 24.0. The molecule has 0 spiro atoms. The molecular weight excluding hydrogens is 579 g/mol. The Labute approximate surface area is 240 Å². The Kier molecular flexibility index (Phi) is 8.39. The fraction of sp³-hybridized carbons (Fsp3) is 0.296. The Morgan fingerprint density at radius 2 is 1.85 bits per heavy atom. The monoisotopic (exact) mass is 604 g/mol. The number of halogens is 2. The second-order valence-electron chi connectivity index (χ2n) is 9.45. The molecule has 2 aromatic heterocycles. The molecule has 3 heterocycles. The van der Waals surface area contributed by atoms with Crippen molar-refractivity contribution < 1.29 is 13.2 Å². The molecule has 1 aliphatic rings. The number of ketones is 1. The van der Waals surface area contributed by atoms with Crippen molar-refractivity contribution in [3.63, 3.8) is 0 Å². The molecule has 12 heteroatoms. The molecule has 0 radical (unpaired) electrons. The summed E-state index contributed by atoms with van der Waals surface area (Å²) in [5, 5.41) is 4.10. The summed E-state index contributed by atoms with van der Waals surface area (Å²) >= 11 is 13.2. The zero-order valence-electron chi connectivity index (χ0n) is 20.9. The normalized spacial score (nSPS) is 14.2. The third kappa shape index (κ3) is 6.53. The van der Waals surface area contributed by atoms with E-state index in [2.05, 4.69) is 15.2 Å². The highest BCUT2D eigenvalue weighted by molar-refractivity contribution is 7.94. The van der Waals surface area contributed by atoms with E-state index in [1.54, 1.807) is 24.3 Å². The van der Waals surface area contributed by atoms with Gasteiger partial charge in [-0.15, -0.1) is 11.3 Å². The van der Waals surface area contributed by atoms with Gasteiger partial charge < -0.3 is 10.2 Å². The number of nitrogens with zero attached hydrogens (tertiary/aromatic N) is 3. The number of likely N-dealkylation sites (tertiary alicyclic amines) is 1. The highest BCUT2D eigenvalue weighted by atomic mass is 35.5. The summed E-state index contributed by atoms with van der Waals surface area (Å²) in [4.78, 5) is 32.7. The number of carbonyl (C=O) groups is 1. The van der Waals surface area contributed by atoms with Crippen LogP contribution in [-0.2, 0) is 21.1 Å². The zero-order chi connectivity index (χ0) is 27.6. The number of carbonyl (C=O) groups excluding carboxylic acids is 1. The van der Waals surface area contributed by atoms with Crippen LogP contribution in [0.2, 0.25) is 9.36 Å². The van der Waals surface area contributed by atoms with Gasteiger partial charge in [0.05, 0.1) is 25.9 Å². The fourth-order valence-corrected chi connectivity index (χ4v) is 7.76. The average Bonchev–Trinajstić information content (AvgIpc) is 3.57. The molecule has 1 aliphatic heterocycles. The number of hydrogen-bond donors (Lipinski definition) is 1. The topological polar surface area (TPSA) is 101 Å². The predicted molar refractivity (Wildman–Crippen MR) is 157 cm³/mol. The van der Waals surface area contributed by atoms with Crippen molar-refractivity contribution in [3.8, 4) is 5.69 Å². The third-order valence-corrected chi connectivity index (χ3v) is 10.4. The van der Waals surface area contributed by atoms with Gasteiger partial charge >= 0.3 is 0 Å². The van der Waals surface area contributed by atoms with Crippen LogP contribution in [0.3, 0.4) is 0 Å². The first-order chi connectivity index (χ1) is 18.7. The number of nitrogens with one attached hydrogen (secondary N) is 1. The van der Waals surface area contributed by atoms with Crippen LogP contribution in [0.25, 0.3) is 16.6 Å². The number of sulfone groups is 1. The summed E-state index contributed by atoms with van der Waals surface area (Å²) in [5.74, 6) is -1.11. The SMILES string of the molecule is O=C(Cc1ccc(-n2cnc3cc(NCCN4CCCC4)ccc3c2=O)c(Cl)c1)CS(=O)(=O)c1ccc(Cl)s1. The predicted octanol–water partition coefficient (Wildman–Crippen LogP) is 4.85. The minimum Gasteiger partial charge on any atom is -0.384 e. The van der Waals surface area contributed by atoms with Crippen molar-refractivity contribution in [3.05, 3.63) is 80.1 Å². The average molecular weight is 606 g/mol. The van der Waals surface area contributed by atoms with E-state index < -0.39 is 21.4 Å². The first-order valence-corrected chi connectivity index (χ1v) is 15.7. The van der Waals surface area contributed by atoms with Gasteiger partial charge in [-0.3, -0.25) is 14.2 Å². The summed E-state index contributed by atoms with van der Waals surface area (Å²) < 4.78 is 26.7. The number of anilines is 1. The first kappa shape index (κ1) is 27.8. The molecule has 2 aromatic carbocycles. The maximum atomic E-state index is 13.2. The van der Waals surface area contributed by atoms with Gasteiger partial charge in [-0.1, -0.05) is 29.3 Å². The number of hydrogen-bond acceptors (Lipinski definition) is 8. The standard InChI is InChI=1S/C27H26Cl2N4O4S2/c28-22-14-18(13-20(34)16-39(36,37)26-8-7-25(29)38-26)3-6-24(22)33-17-31-23-15-19(4-5-21(23)27(33)35)30-9-12-32-10-1-2-11-32/h3-8,14-15,17,30H,1-2,9-13,16H2. The van der Waals surface area contributed by atoms with Crippen LogP contribution >= 0.6 is 34.5 Å². The Morgan fingerprint density at radius 3 is 2.56 bits per heavy atom. The second-order valence-corrected chi connectivity index (χ2v) is 13.8. The van der Waals surface area contributed by atoms with Gasteiger partial charge in [-0.2, -0.15) is 0 Å². The van der Waals surface area contributed by atoms with Gasteiger partial charge in [0.2, 0.25) is 0 Å². The highest BCUT2D eigenvalue weighted by Gasteiger charge is 2.22. The number of benzene rings is 2. The van der Waals surface area contributed by atoms with Gasteiger partial charge in [0.15, 0.2) is 15.6 Å². The van der Waals surface area contributed by atoms with Gasteiger partial charge in [0, 0.05) is 25.2 Å². The highest BCUT2D eigenvalue weighted by Crippen LogP contribution is 2.27. The van der Waals surface area contributed by atoms with Crippen LogP contribution in [0.5, 0.6) is 0 Å². The smallest absolute Gasteiger partial charge is 0.265 e. The molecule has 0 atom stereocenters. The molecule has 204 valence electrons. The first-order valence-electron chi connectivity index (χ1n) is 12.5. The lowest BCUT2D eigenvalue weighted by Gasteiger charge is -2.15. The molecule has 0 bridgehead atoms. The van der Waals surface area contributed by atoms with E-state index in [9.17, 15) is 18.0 Å². The molecule has 8 nitrogen and oxygen atoms in total. The van der Waals surface area contributed by atoms with Crippen LogP contribution < -0.4 is 10.9 Å². The molecule has 1 fully saturated rings. The number of aromatic nitrogens is 2. The summed E-state index contributed by atoms with van der Waals surface area (Å²) in [6.45, 7) is 4.09. The summed E-state index contributed by atoms with van der Waals surface area (Å²) in [6, 6.07) is 13.2. The van der Waals surface area contributed by atoms with Crippen molar-refractivity contribution in [2.24, 2.45) is 0 Å². The maximum absolute atomic E-state index is 13.2. The largest absolute Gasteiger partial charge is 0.384 e. The second kappa shape index (κ2) is 11.8. The van der Waals surface area contributed by atoms with Crippen molar-refractivity contribution >= 4 is 66.7 Å². The number of thiophene rings is 1. The molecular formula is C27H26Cl2N4O4S2. The van der Waals surface area contributed by atoms with E-state index in [1.165, 1.54) is 35.9 Å². The van der Waals surface area contributed by atoms with Crippen molar-refractivity contribution in [1.29, 1.82) is 0 Å². The lowest BCUT2D eigenvalue weighted by Crippen LogP contribution is -2.26.